The van der Waals surface area contributed by atoms with Crippen molar-refractivity contribution in [1.82, 2.24) is 4.98 Å². The molecule has 0 saturated heterocycles. The quantitative estimate of drug-likeness (QED) is 0.615. The molecule has 0 fully saturated rings. The summed E-state index contributed by atoms with van der Waals surface area (Å²) in [5.74, 6) is 0.729. The number of aromatic nitrogens is 1. The van der Waals surface area contributed by atoms with Gasteiger partial charge >= 0.3 is 0 Å². The van der Waals surface area contributed by atoms with E-state index in [4.69, 9.17) is 4.74 Å². The highest BCUT2D eigenvalue weighted by atomic mass is 16.6. The molecule has 0 spiro atoms. The van der Waals surface area contributed by atoms with E-state index in [1.807, 2.05) is 24.3 Å². The van der Waals surface area contributed by atoms with Gasteiger partial charge in [-0.15, -0.1) is 0 Å². The van der Waals surface area contributed by atoms with Crippen molar-refractivity contribution in [3.05, 3.63) is 52.2 Å². The zero-order valence-electron chi connectivity index (χ0n) is 10.1. The van der Waals surface area contributed by atoms with Gasteiger partial charge in [-0.3, -0.25) is 10.1 Å². The van der Waals surface area contributed by atoms with Gasteiger partial charge in [-0.2, -0.15) is 0 Å². The summed E-state index contributed by atoms with van der Waals surface area (Å²) in [6.07, 6.45) is 1.27. The van der Waals surface area contributed by atoms with Gasteiger partial charge in [-0.25, -0.2) is 4.98 Å². The third-order valence-corrected chi connectivity index (χ3v) is 2.62. The molecule has 18 heavy (non-hydrogen) atoms. The molecule has 1 aromatic heterocycles. The predicted molar refractivity (Wildman–Crippen MR) is 67.6 cm³/mol. The third-order valence-electron chi connectivity index (χ3n) is 2.62. The summed E-state index contributed by atoms with van der Waals surface area (Å²) in [5, 5.41) is 10.6. The van der Waals surface area contributed by atoms with Gasteiger partial charge in [0, 0.05) is 11.6 Å². The average molecular weight is 244 g/mol. The average Bonchev–Trinajstić information content (AvgIpc) is 2.38. The predicted octanol–water partition coefficient (Wildman–Crippen LogP) is 2.97. The first kappa shape index (κ1) is 12.0. The summed E-state index contributed by atoms with van der Waals surface area (Å²) >= 11 is 0. The number of hydrogen-bond donors (Lipinski definition) is 0. The highest BCUT2D eigenvalue weighted by molar-refractivity contribution is 5.65. The summed E-state index contributed by atoms with van der Waals surface area (Å²) in [5.41, 5.74) is 2.36. The lowest BCUT2D eigenvalue weighted by Crippen LogP contribution is -1.94. The van der Waals surface area contributed by atoms with Crippen LogP contribution in [-0.2, 0) is 0 Å². The third kappa shape index (κ3) is 2.29. The first-order valence-electron chi connectivity index (χ1n) is 5.37. The van der Waals surface area contributed by atoms with E-state index in [0.29, 0.717) is 0 Å². The van der Waals surface area contributed by atoms with Crippen LogP contribution >= 0.6 is 0 Å². The van der Waals surface area contributed by atoms with Crippen LogP contribution in [0.2, 0.25) is 0 Å². The number of pyridine rings is 1. The molecule has 0 unspecified atom stereocenters. The van der Waals surface area contributed by atoms with Gasteiger partial charge in [-0.1, -0.05) is 12.1 Å². The first-order chi connectivity index (χ1) is 8.61. The molecule has 0 saturated carbocycles. The van der Waals surface area contributed by atoms with E-state index in [1.165, 1.54) is 12.3 Å². The molecule has 5 nitrogen and oxygen atoms in total. The number of aryl methyl sites for hydroxylation is 1. The van der Waals surface area contributed by atoms with Gasteiger partial charge < -0.3 is 4.74 Å². The minimum atomic E-state index is -0.449. The number of nitrogens with zero attached hydrogens (tertiary/aromatic N) is 2. The van der Waals surface area contributed by atoms with Crippen molar-refractivity contribution in [2.24, 2.45) is 0 Å². The summed E-state index contributed by atoms with van der Waals surface area (Å²) in [7, 11) is 1.59. The lowest BCUT2D eigenvalue weighted by molar-refractivity contribution is -0.385. The molecule has 0 aliphatic heterocycles. The van der Waals surface area contributed by atoms with Crippen LogP contribution in [0.1, 0.15) is 5.56 Å². The Hall–Kier alpha value is -2.43. The molecule has 92 valence electrons. The zero-order chi connectivity index (χ0) is 13.1. The van der Waals surface area contributed by atoms with Crippen LogP contribution in [0.25, 0.3) is 11.3 Å². The number of hydrogen-bond acceptors (Lipinski definition) is 4. The SMILES string of the molecule is COc1cccc(-c2ncc([N+](=O)[O-])cc2C)c1. The van der Waals surface area contributed by atoms with Crippen LogP contribution in [0.3, 0.4) is 0 Å². The van der Waals surface area contributed by atoms with Crippen molar-refractivity contribution >= 4 is 5.69 Å². The van der Waals surface area contributed by atoms with Crippen LogP contribution in [0, 0.1) is 17.0 Å². The van der Waals surface area contributed by atoms with Crippen molar-refractivity contribution in [3.8, 4) is 17.0 Å². The maximum Gasteiger partial charge on any atom is 0.287 e. The molecule has 1 heterocycles. The molecular formula is C13H12N2O3. The van der Waals surface area contributed by atoms with E-state index in [2.05, 4.69) is 4.98 Å². The van der Waals surface area contributed by atoms with Gasteiger partial charge in [0.2, 0.25) is 0 Å². The second kappa shape index (κ2) is 4.83. The van der Waals surface area contributed by atoms with Crippen LogP contribution < -0.4 is 4.74 Å². The summed E-state index contributed by atoms with van der Waals surface area (Å²) in [6.45, 7) is 1.80. The van der Waals surface area contributed by atoms with Gasteiger partial charge in [-0.05, 0) is 24.6 Å². The van der Waals surface area contributed by atoms with Crippen LogP contribution in [0.15, 0.2) is 36.5 Å². The van der Waals surface area contributed by atoms with Crippen LogP contribution in [0.5, 0.6) is 5.75 Å². The lowest BCUT2D eigenvalue weighted by Gasteiger charge is -2.06. The minimum Gasteiger partial charge on any atom is -0.497 e. The Morgan fingerprint density at radius 1 is 1.33 bits per heavy atom. The summed E-state index contributed by atoms with van der Waals surface area (Å²) in [6, 6.07) is 8.95. The molecule has 0 aliphatic rings. The van der Waals surface area contributed by atoms with Crippen LogP contribution in [-0.4, -0.2) is 17.0 Å². The number of ether oxygens (including phenoxy) is 1. The Morgan fingerprint density at radius 3 is 2.72 bits per heavy atom. The fourth-order valence-corrected chi connectivity index (χ4v) is 1.73. The smallest absolute Gasteiger partial charge is 0.287 e. The van der Waals surface area contributed by atoms with E-state index < -0.39 is 4.92 Å². The molecule has 2 rings (SSSR count). The second-order valence-electron chi connectivity index (χ2n) is 3.85. The molecule has 0 atom stereocenters. The standard InChI is InChI=1S/C13H12N2O3/c1-9-6-11(15(16)17)8-14-13(9)10-4-3-5-12(7-10)18-2/h3-8H,1-2H3. The van der Waals surface area contributed by atoms with Crippen molar-refractivity contribution in [2.75, 3.05) is 7.11 Å². The Balaban J connectivity index is 2.47. The van der Waals surface area contributed by atoms with Crippen LogP contribution in [0.4, 0.5) is 5.69 Å². The highest BCUT2D eigenvalue weighted by Crippen LogP contribution is 2.26. The topological polar surface area (TPSA) is 65.3 Å². The molecule has 0 aliphatic carbocycles. The normalized spacial score (nSPS) is 10.1. The number of rotatable bonds is 3. The molecule has 2 aromatic rings. The van der Waals surface area contributed by atoms with Gasteiger partial charge in [0.1, 0.15) is 11.9 Å². The Kier molecular flexibility index (Phi) is 3.23. The summed E-state index contributed by atoms with van der Waals surface area (Å²) in [4.78, 5) is 14.3. The number of methoxy groups -OCH3 is 1. The van der Waals surface area contributed by atoms with E-state index in [1.54, 1.807) is 14.0 Å². The first-order valence-corrected chi connectivity index (χ1v) is 5.37. The van der Waals surface area contributed by atoms with Gasteiger partial charge in [0.05, 0.1) is 17.7 Å². The monoisotopic (exact) mass is 244 g/mol. The van der Waals surface area contributed by atoms with E-state index in [-0.39, 0.29) is 5.69 Å². The summed E-state index contributed by atoms with van der Waals surface area (Å²) < 4.78 is 5.14. The van der Waals surface area contributed by atoms with E-state index in [0.717, 1.165) is 22.6 Å². The van der Waals surface area contributed by atoms with Gasteiger partial charge in [0.25, 0.3) is 5.69 Å². The molecule has 0 radical (unpaired) electrons. The largest absolute Gasteiger partial charge is 0.497 e. The maximum atomic E-state index is 10.6. The Morgan fingerprint density at radius 2 is 2.11 bits per heavy atom. The molecule has 1 aromatic carbocycles. The maximum absolute atomic E-state index is 10.6. The zero-order valence-corrected chi connectivity index (χ0v) is 10.1. The lowest BCUT2D eigenvalue weighted by atomic mass is 10.1. The fraction of sp³-hybridized carbons (Fsp3) is 0.154. The minimum absolute atomic E-state index is 0.000791. The fourth-order valence-electron chi connectivity index (χ4n) is 1.73. The van der Waals surface area contributed by atoms with E-state index in [9.17, 15) is 10.1 Å². The van der Waals surface area contributed by atoms with Crippen molar-refractivity contribution in [2.45, 2.75) is 6.92 Å². The number of benzene rings is 1. The molecule has 0 N–H and O–H groups in total. The number of nitro groups is 1. The van der Waals surface area contributed by atoms with E-state index >= 15 is 0 Å². The Labute approximate surface area is 104 Å². The Bertz CT molecular complexity index is 597. The second-order valence-corrected chi connectivity index (χ2v) is 3.85. The van der Waals surface area contributed by atoms with Crippen molar-refractivity contribution in [3.63, 3.8) is 0 Å². The van der Waals surface area contributed by atoms with Crippen molar-refractivity contribution in [1.29, 1.82) is 0 Å². The molecule has 0 bridgehead atoms. The van der Waals surface area contributed by atoms with Gasteiger partial charge in [0.15, 0.2) is 0 Å². The highest BCUT2D eigenvalue weighted by Gasteiger charge is 2.11. The van der Waals surface area contributed by atoms with Crippen molar-refractivity contribution < 1.29 is 9.66 Å². The molecule has 5 heteroatoms. The molecular weight excluding hydrogens is 232 g/mol. The molecule has 0 amide bonds.